The van der Waals surface area contributed by atoms with E-state index in [-0.39, 0.29) is 30.2 Å². The minimum absolute atomic E-state index is 0.0722. The fourth-order valence-corrected chi connectivity index (χ4v) is 6.79. The molecule has 0 radical (unpaired) electrons. The van der Waals surface area contributed by atoms with Crippen LogP contribution in [0.1, 0.15) is 46.9 Å². The highest BCUT2D eigenvalue weighted by Crippen LogP contribution is 2.42. The molecule has 42 heavy (non-hydrogen) atoms. The molecule has 0 unspecified atom stereocenters. The summed E-state index contributed by atoms with van der Waals surface area (Å²) < 4.78 is 44.1. The van der Waals surface area contributed by atoms with Gasteiger partial charge in [-0.25, -0.2) is 22.5 Å². The highest BCUT2D eigenvalue weighted by atomic mass is 35.5. The molecule has 4 heterocycles. The van der Waals surface area contributed by atoms with Gasteiger partial charge in [-0.3, -0.25) is 14.0 Å². The molecule has 2 saturated heterocycles. The van der Waals surface area contributed by atoms with Crippen LogP contribution in [0.25, 0.3) is 5.65 Å². The lowest BCUT2D eigenvalue weighted by Gasteiger charge is -2.35. The zero-order valence-corrected chi connectivity index (χ0v) is 25.2. The van der Waals surface area contributed by atoms with Crippen molar-refractivity contribution in [2.24, 2.45) is 5.92 Å². The number of carbonyl (C=O) groups excluding carboxylic acids is 1. The second-order valence-corrected chi connectivity index (χ2v) is 13.8. The molecule has 2 aromatic heterocycles. The first kappa shape index (κ1) is 30.2. The first-order valence-electron chi connectivity index (χ1n) is 13.1. The third-order valence-electron chi connectivity index (χ3n) is 7.24. The third-order valence-corrected chi connectivity index (χ3v) is 8.61. The number of fused-ring (bicyclic) bond motifs is 1. The predicted molar refractivity (Wildman–Crippen MR) is 154 cm³/mol. The van der Waals surface area contributed by atoms with Crippen LogP contribution in [0.3, 0.4) is 0 Å². The van der Waals surface area contributed by atoms with Crippen molar-refractivity contribution in [1.82, 2.24) is 19.5 Å². The molecule has 1 amide bonds. The topological polar surface area (TPSA) is 190 Å². The van der Waals surface area contributed by atoms with Gasteiger partial charge in [0, 0.05) is 42.5 Å². The maximum Gasteiger partial charge on any atom is 0.469 e. The highest BCUT2D eigenvalue weighted by molar-refractivity contribution is 7.92. The number of rotatable bonds is 7. The Morgan fingerprint density at radius 3 is 2.71 bits per heavy atom. The smallest absolute Gasteiger partial charge is 0.352 e. The number of carbonyl (C=O) groups is 1. The van der Waals surface area contributed by atoms with Crippen molar-refractivity contribution in [1.29, 1.82) is 5.26 Å². The Morgan fingerprint density at radius 2 is 2.02 bits per heavy atom. The van der Waals surface area contributed by atoms with Crippen LogP contribution in [0.15, 0.2) is 30.5 Å². The molecule has 3 aromatic rings. The number of hydrogen-bond donors (Lipinski definition) is 3. The molecule has 2 aliphatic heterocycles. The number of nitrogens with zero attached hydrogens (tertiary/aromatic N) is 6. The number of nitriles is 1. The molecule has 0 bridgehead atoms. The van der Waals surface area contributed by atoms with Gasteiger partial charge in [0.25, 0.3) is 5.91 Å². The lowest BCUT2D eigenvalue weighted by Crippen LogP contribution is -2.39. The SMILES string of the molecule is Cc1cn2nc([C@@H]3CCCCN3C(=O)c3cc(Cl)ccc3NS(C)(=O)=O)cc2nc1N1C[C@@H](C#N)[C@H](OP(=O)(O)O)C1. The molecule has 0 spiro atoms. The van der Waals surface area contributed by atoms with E-state index < -0.39 is 35.9 Å². The van der Waals surface area contributed by atoms with E-state index in [9.17, 15) is 32.8 Å². The molecular weight excluding hydrogens is 609 g/mol. The number of likely N-dealkylation sites (tertiary alicyclic amines) is 1. The molecule has 5 rings (SSSR count). The predicted octanol–water partition coefficient (Wildman–Crippen LogP) is 2.87. The van der Waals surface area contributed by atoms with Gasteiger partial charge < -0.3 is 19.6 Å². The average Bonchev–Trinajstić information content (AvgIpc) is 3.50. The van der Waals surface area contributed by atoms with Crippen molar-refractivity contribution in [2.45, 2.75) is 38.3 Å². The van der Waals surface area contributed by atoms with E-state index in [1.54, 1.807) is 26.6 Å². The zero-order chi connectivity index (χ0) is 30.4. The number of anilines is 2. The van der Waals surface area contributed by atoms with Crippen molar-refractivity contribution in [3.63, 3.8) is 0 Å². The van der Waals surface area contributed by atoms with Crippen LogP contribution >= 0.6 is 19.4 Å². The van der Waals surface area contributed by atoms with Gasteiger partial charge in [0.2, 0.25) is 10.0 Å². The molecule has 224 valence electrons. The molecule has 17 heteroatoms. The summed E-state index contributed by atoms with van der Waals surface area (Å²) in [5.41, 5.74) is 2.07. The molecule has 3 atom stereocenters. The molecule has 2 aliphatic rings. The van der Waals surface area contributed by atoms with Crippen LogP contribution in [0, 0.1) is 24.2 Å². The van der Waals surface area contributed by atoms with Crippen molar-refractivity contribution in [3.8, 4) is 6.07 Å². The number of aromatic nitrogens is 3. The lowest BCUT2D eigenvalue weighted by atomic mass is 9.98. The quantitative estimate of drug-likeness (QED) is 0.323. The van der Waals surface area contributed by atoms with Crippen molar-refractivity contribution in [3.05, 3.63) is 52.3 Å². The van der Waals surface area contributed by atoms with Gasteiger partial charge in [-0.15, -0.1) is 0 Å². The van der Waals surface area contributed by atoms with Crippen LogP contribution in [-0.2, 0) is 19.1 Å². The minimum Gasteiger partial charge on any atom is -0.352 e. The van der Waals surface area contributed by atoms with Gasteiger partial charge >= 0.3 is 7.82 Å². The van der Waals surface area contributed by atoms with E-state index >= 15 is 0 Å². The molecule has 3 N–H and O–H groups in total. The third kappa shape index (κ3) is 6.54. The van der Waals surface area contributed by atoms with Gasteiger partial charge in [0.15, 0.2) is 5.65 Å². The number of benzene rings is 1. The normalized spacial score (nSPS) is 21.5. The van der Waals surface area contributed by atoms with E-state index in [1.807, 2.05) is 13.0 Å². The Hall–Kier alpha value is -3.25. The number of sulfonamides is 1. The molecule has 14 nitrogen and oxygen atoms in total. The van der Waals surface area contributed by atoms with Gasteiger partial charge in [-0.2, -0.15) is 10.4 Å². The summed E-state index contributed by atoms with van der Waals surface area (Å²) in [6.07, 6.45) is 4.04. The van der Waals surface area contributed by atoms with Crippen molar-refractivity contribution < 1.29 is 32.1 Å². The number of piperidine rings is 1. The molecule has 0 aliphatic carbocycles. The Bertz CT molecular complexity index is 1740. The summed E-state index contributed by atoms with van der Waals surface area (Å²) in [6, 6.07) is 7.82. The number of halogens is 1. The molecule has 1 aromatic carbocycles. The van der Waals surface area contributed by atoms with Crippen LogP contribution in [-0.4, -0.2) is 75.6 Å². The van der Waals surface area contributed by atoms with Crippen LogP contribution < -0.4 is 9.62 Å². The number of hydrogen-bond acceptors (Lipinski definition) is 9. The Kier molecular flexibility index (Phi) is 8.23. The standard InChI is InChI=1S/C25H29ClN7O7PS/c1-15-12-33-23(28-24(15)31-13-16(11-27)22(14-31)40-41(35,36)37)10-20(29-33)21-5-3-4-8-32(21)25(34)18-9-17(26)6-7-19(18)30-42(2,38)39/h6-7,9-10,12,16,21-22,30H,3-5,8,13-14H2,1-2H3,(H2,35,36,37)/t16-,21+,22-/m1/s1. The fourth-order valence-electron chi connectivity index (χ4n) is 5.48. The summed E-state index contributed by atoms with van der Waals surface area (Å²) in [7, 11) is -8.43. The van der Waals surface area contributed by atoms with Crippen LogP contribution in [0.5, 0.6) is 0 Å². The monoisotopic (exact) mass is 637 g/mol. The Morgan fingerprint density at radius 1 is 1.26 bits per heavy atom. The van der Waals surface area contributed by atoms with Crippen molar-refractivity contribution in [2.75, 3.05) is 35.5 Å². The van der Waals surface area contributed by atoms with E-state index in [1.165, 1.54) is 18.2 Å². The largest absolute Gasteiger partial charge is 0.469 e. The summed E-state index contributed by atoms with van der Waals surface area (Å²) in [4.78, 5) is 40.5. The number of phosphoric acid groups is 1. The van der Waals surface area contributed by atoms with E-state index in [0.29, 0.717) is 35.1 Å². The maximum atomic E-state index is 13.8. The van der Waals surface area contributed by atoms with E-state index in [4.69, 9.17) is 26.2 Å². The average molecular weight is 638 g/mol. The number of aryl methyl sites for hydroxylation is 1. The zero-order valence-electron chi connectivity index (χ0n) is 22.7. The van der Waals surface area contributed by atoms with Crippen molar-refractivity contribution >= 4 is 52.5 Å². The molecule has 2 fully saturated rings. The first-order chi connectivity index (χ1) is 19.7. The Balaban J connectivity index is 1.45. The fraction of sp³-hybridized carbons (Fsp3) is 0.440. The number of phosphoric ester groups is 1. The maximum absolute atomic E-state index is 13.8. The second kappa shape index (κ2) is 11.4. The summed E-state index contributed by atoms with van der Waals surface area (Å²) in [6.45, 7) is 2.50. The van der Waals surface area contributed by atoms with Crippen LogP contribution in [0.2, 0.25) is 5.02 Å². The summed E-state index contributed by atoms with van der Waals surface area (Å²) in [5, 5.41) is 14.5. The lowest BCUT2D eigenvalue weighted by molar-refractivity contribution is 0.0606. The van der Waals surface area contributed by atoms with Gasteiger partial charge in [-0.05, 0) is 44.4 Å². The van der Waals surface area contributed by atoms with Gasteiger partial charge in [0.05, 0.1) is 41.2 Å². The van der Waals surface area contributed by atoms with E-state index in [2.05, 4.69) is 4.72 Å². The molecular formula is C25H29ClN7O7PS. The highest BCUT2D eigenvalue weighted by Gasteiger charge is 2.39. The molecule has 0 saturated carbocycles. The minimum atomic E-state index is -4.79. The number of nitrogens with one attached hydrogen (secondary N) is 1. The van der Waals surface area contributed by atoms with Gasteiger partial charge in [-0.1, -0.05) is 11.6 Å². The van der Waals surface area contributed by atoms with Gasteiger partial charge in [0.1, 0.15) is 11.9 Å². The first-order valence-corrected chi connectivity index (χ1v) is 16.9. The van der Waals surface area contributed by atoms with E-state index in [0.717, 1.165) is 24.7 Å². The Labute approximate surface area is 247 Å². The summed E-state index contributed by atoms with van der Waals surface area (Å²) >= 11 is 6.18. The van der Waals surface area contributed by atoms with Crippen LogP contribution in [0.4, 0.5) is 11.5 Å². The second-order valence-electron chi connectivity index (χ2n) is 10.5. The number of amides is 1. The summed E-state index contributed by atoms with van der Waals surface area (Å²) in [5.74, 6) is -0.616.